The molecule has 0 atom stereocenters. The molecule has 116 valence electrons. The summed E-state index contributed by atoms with van der Waals surface area (Å²) < 4.78 is 58.9. The molecule has 0 aromatic heterocycles. The van der Waals surface area contributed by atoms with Crippen LogP contribution in [0.3, 0.4) is 0 Å². The summed E-state index contributed by atoms with van der Waals surface area (Å²) in [6, 6.07) is 0. The predicted octanol–water partition coefficient (Wildman–Crippen LogP) is 0.335. The summed E-state index contributed by atoms with van der Waals surface area (Å²) in [7, 11) is -3.28. The monoisotopic (exact) mass is 317 g/mol. The summed E-state index contributed by atoms with van der Waals surface area (Å²) >= 11 is 0. The van der Waals surface area contributed by atoms with Gasteiger partial charge < -0.3 is 10.4 Å². The van der Waals surface area contributed by atoms with E-state index in [4.69, 9.17) is 5.11 Å². The SMILES string of the molecule is O=C(O)CC1(CNC(=O)C(F)(F)F)CCS(=O)(=O)CC1. The Bertz CT molecular complexity index is 486. The average molecular weight is 317 g/mol. The van der Waals surface area contributed by atoms with Gasteiger partial charge in [0.15, 0.2) is 0 Å². The molecular formula is C10H14F3NO5S. The van der Waals surface area contributed by atoms with E-state index in [0.717, 1.165) is 0 Å². The van der Waals surface area contributed by atoms with E-state index >= 15 is 0 Å². The third kappa shape index (κ3) is 4.66. The van der Waals surface area contributed by atoms with Gasteiger partial charge in [-0.1, -0.05) is 0 Å². The first-order chi connectivity index (χ1) is 8.96. The van der Waals surface area contributed by atoms with Crippen LogP contribution in [-0.4, -0.2) is 49.6 Å². The molecular weight excluding hydrogens is 303 g/mol. The van der Waals surface area contributed by atoms with Crippen LogP contribution in [0.25, 0.3) is 0 Å². The molecule has 1 fully saturated rings. The highest BCUT2D eigenvalue weighted by Crippen LogP contribution is 2.35. The number of carboxylic acids is 1. The van der Waals surface area contributed by atoms with E-state index in [1.54, 1.807) is 5.32 Å². The molecule has 0 unspecified atom stereocenters. The van der Waals surface area contributed by atoms with Crippen molar-refractivity contribution >= 4 is 21.7 Å². The zero-order valence-corrected chi connectivity index (χ0v) is 11.2. The van der Waals surface area contributed by atoms with E-state index in [-0.39, 0.29) is 24.3 Å². The number of carboxylic acid groups (broad SMARTS) is 1. The number of hydrogen-bond acceptors (Lipinski definition) is 4. The standard InChI is InChI=1S/C10H14F3NO5S/c11-10(12,13)8(17)14-6-9(5-7(15)16)1-3-20(18,19)4-2-9/h1-6H2,(H,14,17)(H,15,16). The molecule has 10 heteroatoms. The number of carbonyl (C=O) groups is 2. The highest BCUT2D eigenvalue weighted by atomic mass is 32.2. The van der Waals surface area contributed by atoms with E-state index in [2.05, 4.69) is 0 Å². The molecule has 2 N–H and O–H groups in total. The van der Waals surface area contributed by atoms with Crippen LogP contribution < -0.4 is 5.32 Å². The quantitative estimate of drug-likeness (QED) is 0.778. The van der Waals surface area contributed by atoms with Gasteiger partial charge in [0.05, 0.1) is 17.9 Å². The van der Waals surface area contributed by atoms with E-state index in [9.17, 15) is 31.2 Å². The lowest BCUT2D eigenvalue weighted by atomic mass is 9.78. The van der Waals surface area contributed by atoms with Crippen molar-refractivity contribution in [2.45, 2.75) is 25.4 Å². The Kier molecular flexibility index (Phi) is 4.67. The summed E-state index contributed by atoms with van der Waals surface area (Å²) in [5.74, 6) is -3.98. The summed E-state index contributed by atoms with van der Waals surface area (Å²) in [5.41, 5.74) is -1.15. The van der Waals surface area contributed by atoms with E-state index < -0.39 is 46.3 Å². The second kappa shape index (κ2) is 5.58. The van der Waals surface area contributed by atoms with Crippen molar-refractivity contribution in [3.63, 3.8) is 0 Å². The minimum Gasteiger partial charge on any atom is -0.481 e. The first kappa shape index (κ1) is 16.7. The highest BCUT2D eigenvalue weighted by Gasteiger charge is 2.43. The minimum atomic E-state index is -5.05. The fourth-order valence-corrected chi connectivity index (χ4v) is 3.77. The number of nitrogens with one attached hydrogen (secondary N) is 1. The number of sulfone groups is 1. The van der Waals surface area contributed by atoms with Gasteiger partial charge in [0.2, 0.25) is 0 Å². The van der Waals surface area contributed by atoms with Crippen molar-refractivity contribution in [2.24, 2.45) is 5.41 Å². The fraction of sp³-hybridized carbons (Fsp3) is 0.800. The Balaban J connectivity index is 2.76. The second-order valence-corrected chi connectivity index (χ2v) is 7.21. The number of hydrogen-bond donors (Lipinski definition) is 2. The van der Waals surface area contributed by atoms with Crippen LogP contribution in [-0.2, 0) is 19.4 Å². The third-order valence-electron chi connectivity index (χ3n) is 3.29. The number of halogens is 3. The largest absolute Gasteiger partial charge is 0.481 e. The summed E-state index contributed by atoms with van der Waals surface area (Å²) in [4.78, 5) is 21.6. The average Bonchev–Trinajstić information content (AvgIpc) is 2.28. The van der Waals surface area contributed by atoms with Crippen molar-refractivity contribution in [1.29, 1.82) is 0 Å². The number of aliphatic carboxylic acids is 1. The Morgan fingerprint density at radius 3 is 2.10 bits per heavy atom. The molecule has 0 aromatic rings. The molecule has 0 saturated carbocycles. The van der Waals surface area contributed by atoms with E-state index in [1.807, 2.05) is 0 Å². The van der Waals surface area contributed by atoms with Crippen LogP contribution >= 0.6 is 0 Å². The summed E-state index contributed by atoms with van der Waals surface area (Å²) in [6.07, 6.45) is -5.70. The van der Waals surface area contributed by atoms with Gasteiger partial charge >= 0.3 is 18.1 Å². The minimum absolute atomic E-state index is 0.0836. The molecule has 1 heterocycles. The maximum absolute atomic E-state index is 12.1. The zero-order valence-electron chi connectivity index (χ0n) is 10.4. The van der Waals surface area contributed by atoms with Crippen LogP contribution in [0.1, 0.15) is 19.3 Å². The summed E-state index contributed by atoms with van der Waals surface area (Å²) in [6.45, 7) is -0.507. The van der Waals surface area contributed by atoms with Gasteiger partial charge in [-0.15, -0.1) is 0 Å². The van der Waals surface area contributed by atoms with Gasteiger partial charge in [-0.2, -0.15) is 13.2 Å². The van der Waals surface area contributed by atoms with Crippen molar-refractivity contribution < 1.29 is 36.3 Å². The molecule has 0 aromatic carbocycles. The van der Waals surface area contributed by atoms with E-state index in [0.29, 0.717) is 0 Å². The molecule has 0 aliphatic carbocycles. The fourth-order valence-electron chi connectivity index (χ4n) is 2.08. The molecule has 1 amide bonds. The Morgan fingerprint density at radius 1 is 1.20 bits per heavy atom. The van der Waals surface area contributed by atoms with Crippen LogP contribution in [0.5, 0.6) is 0 Å². The zero-order chi connectivity index (χ0) is 15.6. The van der Waals surface area contributed by atoms with Crippen LogP contribution in [0.4, 0.5) is 13.2 Å². The Hall–Kier alpha value is -1.32. The molecule has 1 aliphatic rings. The number of carbonyl (C=O) groups excluding carboxylic acids is 1. The normalized spacial score (nSPS) is 21.1. The van der Waals surface area contributed by atoms with Crippen LogP contribution in [0.15, 0.2) is 0 Å². The lowest BCUT2D eigenvalue weighted by Crippen LogP contribution is -2.47. The van der Waals surface area contributed by atoms with Crippen molar-refractivity contribution in [3.05, 3.63) is 0 Å². The van der Waals surface area contributed by atoms with Crippen LogP contribution in [0, 0.1) is 5.41 Å². The predicted molar refractivity (Wildman–Crippen MR) is 61.6 cm³/mol. The molecule has 6 nitrogen and oxygen atoms in total. The topological polar surface area (TPSA) is 101 Å². The Morgan fingerprint density at radius 2 is 1.70 bits per heavy atom. The highest BCUT2D eigenvalue weighted by molar-refractivity contribution is 7.91. The molecule has 1 saturated heterocycles. The number of alkyl halides is 3. The maximum atomic E-state index is 12.1. The van der Waals surface area contributed by atoms with Crippen molar-refractivity contribution in [3.8, 4) is 0 Å². The lowest BCUT2D eigenvalue weighted by molar-refractivity contribution is -0.174. The maximum Gasteiger partial charge on any atom is 0.471 e. The van der Waals surface area contributed by atoms with Gasteiger partial charge in [-0.3, -0.25) is 9.59 Å². The van der Waals surface area contributed by atoms with Gasteiger partial charge in [0.1, 0.15) is 9.84 Å². The van der Waals surface area contributed by atoms with Crippen molar-refractivity contribution in [2.75, 3.05) is 18.1 Å². The van der Waals surface area contributed by atoms with E-state index in [1.165, 1.54) is 0 Å². The first-order valence-electron chi connectivity index (χ1n) is 5.73. The van der Waals surface area contributed by atoms with Gasteiger partial charge in [-0.05, 0) is 12.8 Å². The van der Waals surface area contributed by atoms with Crippen LogP contribution in [0.2, 0.25) is 0 Å². The smallest absolute Gasteiger partial charge is 0.471 e. The van der Waals surface area contributed by atoms with Gasteiger partial charge in [0, 0.05) is 12.0 Å². The van der Waals surface area contributed by atoms with Gasteiger partial charge in [0.25, 0.3) is 0 Å². The molecule has 20 heavy (non-hydrogen) atoms. The molecule has 1 aliphatic heterocycles. The summed E-state index contributed by atoms with van der Waals surface area (Å²) in [5, 5.41) is 10.4. The second-order valence-electron chi connectivity index (χ2n) is 4.90. The third-order valence-corrected chi connectivity index (χ3v) is 4.95. The first-order valence-corrected chi connectivity index (χ1v) is 7.55. The Labute approximate surface area is 113 Å². The molecule has 1 rings (SSSR count). The van der Waals surface area contributed by atoms with Crippen molar-refractivity contribution in [1.82, 2.24) is 5.32 Å². The molecule has 0 bridgehead atoms. The number of amides is 1. The van der Waals surface area contributed by atoms with Gasteiger partial charge in [-0.25, -0.2) is 8.42 Å². The number of rotatable bonds is 4. The molecule has 0 spiro atoms. The molecule has 0 radical (unpaired) electrons. The lowest BCUT2D eigenvalue weighted by Gasteiger charge is -2.36.